The van der Waals surface area contributed by atoms with Crippen molar-refractivity contribution in [2.24, 2.45) is 5.73 Å². The maximum atomic E-state index is 12.3. The van der Waals surface area contributed by atoms with Crippen molar-refractivity contribution in [2.45, 2.75) is 6.92 Å². The first-order chi connectivity index (χ1) is 11.6. The number of benzene rings is 2. The van der Waals surface area contributed by atoms with Crippen LogP contribution in [0.15, 0.2) is 54.7 Å². The van der Waals surface area contributed by atoms with Crippen molar-refractivity contribution in [1.82, 2.24) is 4.98 Å². The van der Waals surface area contributed by atoms with Crippen molar-refractivity contribution in [3.8, 4) is 0 Å². The molecule has 6 nitrogen and oxygen atoms in total. The number of aromatic nitrogens is 1. The summed E-state index contributed by atoms with van der Waals surface area (Å²) in [4.78, 5) is 27.9. The number of carbonyl (C=O) groups excluding carboxylic acids is 2. The van der Waals surface area contributed by atoms with Crippen LogP contribution in [0.1, 0.15) is 15.9 Å². The smallest absolute Gasteiger partial charge is 0.323 e. The molecule has 0 aliphatic carbocycles. The molecule has 0 aliphatic heterocycles. The van der Waals surface area contributed by atoms with Gasteiger partial charge >= 0.3 is 6.03 Å². The largest absolute Gasteiger partial charge is 0.366 e. The van der Waals surface area contributed by atoms with Gasteiger partial charge in [-0.15, -0.1) is 0 Å². The van der Waals surface area contributed by atoms with E-state index in [1.807, 2.05) is 24.3 Å². The highest BCUT2D eigenvalue weighted by molar-refractivity contribution is 6.06. The van der Waals surface area contributed by atoms with E-state index in [-0.39, 0.29) is 0 Å². The second-order valence-electron chi connectivity index (χ2n) is 5.30. The molecule has 24 heavy (non-hydrogen) atoms. The lowest BCUT2D eigenvalue weighted by Gasteiger charge is -2.12. The summed E-state index contributed by atoms with van der Waals surface area (Å²) in [6.07, 6.45) is 1.64. The van der Waals surface area contributed by atoms with E-state index in [1.54, 1.807) is 37.4 Å². The number of fused-ring (bicyclic) bond motifs is 1. The molecular formula is C18H16N4O2. The second-order valence-corrected chi connectivity index (χ2v) is 5.30. The highest BCUT2D eigenvalue weighted by Crippen LogP contribution is 2.22. The van der Waals surface area contributed by atoms with Gasteiger partial charge in [-0.05, 0) is 36.8 Å². The third-order valence-corrected chi connectivity index (χ3v) is 3.74. The lowest BCUT2D eigenvalue weighted by Crippen LogP contribution is -2.21. The molecule has 6 heteroatoms. The van der Waals surface area contributed by atoms with Crippen LogP contribution in [-0.4, -0.2) is 16.9 Å². The number of anilines is 2. The van der Waals surface area contributed by atoms with Gasteiger partial charge in [-0.1, -0.05) is 24.3 Å². The first kappa shape index (κ1) is 15.5. The average molecular weight is 320 g/mol. The number of nitrogens with zero attached hydrogens (tertiary/aromatic N) is 1. The first-order valence-corrected chi connectivity index (χ1v) is 7.37. The minimum Gasteiger partial charge on any atom is -0.366 e. The Morgan fingerprint density at radius 2 is 1.71 bits per heavy atom. The van der Waals surface area contributed by atoms with Gasteiger partial charge < -0.3 is 16.4 Å². The fourth-order valence-corrected chi connectivity index (χ4v) is 2.52. The van der Waals surface area contributed by atoms with Crippen molar-refractivity contribution in [2.75, 3.05) is 10.6 Å². The molecule has 1 aromatic heterocycles. The summed E-state index contributed by atoms with van der Waals surface area (Å²) in [7, 11) is 0. The van der Waals surface area contributed by atoms with Crippen LogP contribution < -0.4 is 16.4 Å². The molecule has 0 atom stereocenters. The summed E-state index contributed by atoms with van der Waals surface area (Å²) in [5.74, 6) is -0.531. The molecule has 0 saturated heterocycles. The summed E-state index contributed by atoms with van der Waals surface area (Å²) in [6, 6.07) is 13.9. The number of para-hydroxylation sites is 1. The predicted molar refractivity (Wildman–Crippen MR) is 94.1 cm³/mol. The van der Waals surface area contributed by atoms with E-state index >= 15 is 0 Å². The third-order valence-electron chi connectivity index (χ3n) is 3.74. The van der Waals surface area contributed by atoms with E-state index in [0.29, 0.717) is 22.5 Å². The number of nitrogens with two attached hydrogens (primary N) is 1. The molecule has 3 amide bonds. The Labute approximate surface area is 138 Å². The van der Waals surface area contributed by atoms with E-state index in [4.69, 9.17) is 5.73 Å². The maximum Gasteiger partial charge on any atom is 0.323 e. The molecular weight excluding hydrogens is 304 g/mol. The predicted octanol–water partition coefficient (Wildman–Crippen LogP) is 3.29. The van der Waals surface area contributed by atoms with E-state index in [1.165, 1.54) is 0 Å². The van der Waals surface area contributed by atoms with E-state index in [0.717, 1.165) is 10.9 Å². The molecule has 1 heterocycles. The Morgan fingerprint density at radius 3 is 2.50 bits per heavy atom. The fraction of sp³-hybridized carbons (Fsp3) is 0.0556. The van der Waals surface area contributed by atoms with Crippen LogP contribution >= 0.6 is 0 Å². The minimum atomic E-state index is -0.531. The van der Waals surface area contributed by atoms with Crippen LogP contribution in [0.2, 0.25) is 0 Å². The first-order valence-electron chi connectivity index (χ1n) is 7.37. The molecule has 0 saturated carbocycles. The number of carbonyl (C=O) groups is 2. The number of hydrogen-bond donors (Lipinski definition) is 3. The SMILES string of the molecule is Cc1c(NC(=O)Nc2ccnc3ccccc23)cccc1C(N)=O. The number of urea groups is 1. The highest BCUT2D eigenvalue weighted by Gasteiger charge is 2.11. The zero-order chi connectivity index (χ0) is 17.1. The van der Waals surface area contributed by atoms with Gasteiger partial charge in [0, 0.05) is 22.8 Å². The fourth-order valence-electron chi connectivity index (χ4n) is 2.52. The third kappa shape index (κ3) is 3.03. The van der Waals surface area contributed by atoms with E-state index < -0.39 is 11.9 Å². The van der Waals surface area contributed by atoms with Crippen molar-refractivity contribution < 1.29 is 9.59 Å². The summed E-state index contributed by atoms with van der Waals surface area (Å²) >= 11 is 0. The van der Waals surface area contributed by atoms with Gasteiger partial charge in [0.25, 0.3) is 0 Å². The monoisotopic (exact) mass is 320 g/mol. The van der Waals surface area contributed by atoms with E-state index in [2.05, 4.69) is 15.6 Å². The molecule has 4 N–H and O–H groups in total. The van der Waals surface area contributed by atoms with Crippen LogP contribution in [0.4, 0.5) is 16.2 Å². The summed E-state index contributed by atoms with van der Waals surface area (Å²) in [6.45, 7) is 1.73. The van der Waals surface area contributed by atoms with Crippen molar-refractivity contribution >= 4 is 34.2 Å². The van der Waals surface area contributed by atoms with Gasteiger partial charge in [-0.25, -0.2) is 4.79 Å². The minimum absolute atomic E-state index is 0.377. The number of hydrogen-bond acceptors (Lipinski definition) is 3. The molecule has 0 aliphatic rings. The number of nitrogens with one attached hydrogen (secondary N) is 2. The Bertz CT molecular complexity index is 932. The molecule has 0 radical (unpaired) electrons. The Balaban J connectivity index is 1.84. The van der Waals surface area contributed by atoms with Crippen LogP contribution in [0.5, 0.6) is 0 Å². The number of rotatable bonds is 3. The normalized spacial score (nSPS) is 10.4. The van der Waals surface area contributed by atoms with Gasteiger partial charge in [0.05, 0.1) is 11.2 Å². The number of primary amides is 1. The van der Waals surface area contributed by atoms with Crippen LogP contribution in [0.25, 0.3) is 10.9 Å². The van der Waals surface area contributed by atoms with Gasteiger partial charge in [0.1, 0.15) is 0 Å². The molecule has 3 rings (SSSR count). The molecule has 3 aromatic rings. The van der Waals surface area contributed by atoms with Crippen LogP contribution in [0, 0.1) is 6.92 Å². The van der Waals surface area contributed by atoms with Crippen LogP contribution in [0.3, 0.4) is 0 Å². The zero-order valence-electron chi connectivity index (χ0n) is 13.0. The topological polar surface area (TPSA) is 97.1 Å². The Hall–Kier alpha value is -3.41. The lowest BCUT2D eigenvalue weighted by molar-refractivity contribution is 0.0999. The lowest BCUT2D eigenvalue weighted by atomic mass is 10.1. The van der Waals surface area contributed by atoms with Crippen LogP contribution in [-0.2, 0) is 0 Å². The Kier molecular flexibility index (Phi) is 4.11. The standard InChI is InChI=1S/C18H16N4O2/c1-11-12(17(19)23)6-4-8-14(11)21-18(24)22-16-9-10-20-15-7-3-2-5-13(15)16/h2-10H,1H3,(H2,19,23)(H2,20,21,22,24). The van der Waals surface area contributed by atoms with Gasteiger partial charge in [0.15, 0.2) is 0 Å². The second kappa shape index (κ2) is 6.37. The van der Waals surface area contributed by atoms with E-state index in [9.17, 15) is 9.59 Å². The van der Waals surface area contributed by atoms with Gasteiger partial charge in [-0.2, -0.15) is 0 Å². The van der Waals surface area contributed by atoms with Gasteiger partial charge in [-0.3, -0.25) is 9.78 Å². The molecule has 0 bridgehead atoms. The Morgan fingerprint density at radius 1 is 0.958 bits per heavy atom. The molecule has 0 fully saturated rings. The van der Waals surface area contributed by atoms with Crippen molar-refractivity contribution in [3.63, 3.8) is 0 Å². The molecule has 0 unspecified atom stereocenters. The summed E-state index contributed by atoms with van der Waals surface area (Å²) in [5, 5.41) is 6.39. The maximum absolute atomic E-state index is 12.3. The molecule has 120 valence electrons. The van der Waals surface area contributed by atoms with Gasteiger partial charge in [0.2, 0.25) is 5.91 Å². The molecule has 2 aromatic carbocycles. The summed E-state index contributed by atoms with van der Waals surface area (Å²) in [5.41, 5.74) is 8.31. The van der Waals surface area contributed by atoms with Crippen molar-refractivity contribution in [1.29, 1.82) is 0 Å². The van der Waals surface area contributed by atoms with Crippen molar-refractivity contribution in [3.05, 3.63) is 65.9 Å². The number of amides is 3. The molecule has 0 spiro atoms. The quantitative estimate of drug-likeness (QED) is 0.690. The average Bonchev–Trinajstić information content (AvgIpc) is 2.57. The highest BCUT2D eigenvalue weighted by atomic mass is 16.2. The zero-order valence-corrected chi connectivity index (χ0v) is 13.0. The summed E-state index contributed by atoms with van der Waals surface area (Å²) < 4.78 is 0. The number of pyridine rings is 1.